The van der Waals surface area contributed by atoms with Crippen molar-refractivity contribution in [2.24, 2.45) is 17.1 Å². The van der Waals surface area contributed by atoms with Crippen LogP contribution in [0.3, 0.4) is 0 Å². The van der Waals surface area contributed by atoms with Gasteiger partial charge >= 0.3 is 0 Å². The minimum atomic E-state index is -0.0718. The molecule has 2 saturated carbocycles. The molecule has 2 heteroatoms. The third-order valence-electron chi connectivity index (χ3n) is 2.99. The van der Waals surface area contributed by atoms with Gasteiger partial charge in [0.2, 0.25) is 0 Å². The molecule has 0 aliphatic heterocycles. The van der Waals surface area contributed by atoms with Crippen molar-refractivity contribution in [1.82, 2.24) is 0 Å². The first-order valence-electron chi connectivity index (χ1n) is 4.17. The summed E-state index contributed by atoms with van der Waals surface area (Å²) in [6.45, 7) is 0.685. The molecule has 0 aromatic heterocycles. The van der Waals surface area contributed by atoms with Crippen LogP contribution in [0.2, 0.25) is 0 Å². The van der Waals surface area contributed by atoms with Gasteiger partial charge in [0.15, 0.2) is 0 Å². The molecule has 0 aromatic rings. The average molecular weight is 141 g/mol. The number of nitrogens with two attached hydrogens (primary N) is 1. The maximum Gasteiger partial charge on any atom is 0.0636 e. The van der Waals surface area contributed by atoms with E-state index in [0.717, 1.165) is 12.8 Å². The highest BCUT2D eigenvalue weighted by atomic mass is 16.3. The smallest absolute Gasteiger partial charge is 0.0636 e. The molecule has 2 rings (SSSR count). The lowest BCUT2D eigenvalue weighted by Crippen LogP contribution is -2.31. The van der Waals surface area contributed by atoms with Gasteiger partial charge in [-0.2, -0.15) is 0 Å². The van der Waals surface area contributed by atoms with Crippen molar-refractivity contribution in [3.8, 4) is 0 Å². The number of hydrogen-bond donors (Lipinski definition) is 2. The fraction of sp³-hybridized carbons (Fsp3) is 1.00. The van der Waals surface area contributed by atoms with E-state index in [4.69, 9.17) is 5.73 Å². The van der Waals surface area contributed by atoms with Crippen molar-refractivity contribution in [2.45, 2.75) is 31.8 Å². The lowest BCUT2D eigenvalue weighted by atomic mass is 9.96. The van der Waals surface area contributed by atoms with Crippen LogP contribution < -0.4 is 5.73 Å². The lowest BCUT2D eigenvalue weighted by molar-refractivity contribution is 0.0763. The van der Waals surface area contributed by atoms with Crippen LogP contribution in [0.15, 0.2) is 0 Å². The van der Waals surface area contributed by atoms with Gasteiger partial charge in [0.05, 0.1) is 6.10 Å². The van der Waals surface area contributed by atoms with Crippen molar-refractivity contribution < 1.29 is 5.11 Å². The summed E-state index contributed by atoms with van der Waals surface area (Å²) < 4.78 is 0. The Balaban J connectivity index is 1.95. The fourth-order valence-corrected chi connectivity index (χ4v) is 1.69. The topological polar surface area (TPSA) is 46.2 Å². The predicted octanol–water partition coefficient (Wildman–Crippen LogP) is 0.496. The minimum Gasteiger partial charge on any atom is -0.392 e. The number of aliphatic hydroxyl groups is 1. The van der Waals surface area contributed by atoms with Crippen LogP contribution in [-0.4, -0.2) is 17.8 Å². The van der Waals surface area contributed by atoms with Gasteiger partial charge in [-0.3, -0.25) is 0 Å². The van der Waals surface area contributed by atoms with Gasteiger partial charge in [0.25, 0.3) is 0 Å². The van der Waals surface area contributed by atoms with Gasteiger partial charge in [-0.1, -0.05) is 0 Å². The summed E-state index contributed by atoms with van der Waals surface area (Å²) in [7, 11) is 0. The zero-order chi connectivity index (χ0) is 7.19. The third-order valence-corrected chi connectivity index (χ3v) is 2.99. The molecule has 0 aromatic carbocycles. The summed E-state index contributed by atoms with van der Waals surface area (Å²) in [4.78, 5) is 0. The highest BCUT2D eigenvalue weighted by Crippen LogP contribution is 2.54. The van der Waals surface area contributed by atoms with Gasteiger partial charge in [0, 0.05) is 12.0 Å². The van der Waals surface area contributed by atoms with Gasteiger partial charge in [-0.15, -0.1) is 0 Å². The Kier molecular flexibility index (Phi) is 1.29. The van der Waals surface area contributed by atoms with Crippen molar-refractivity contribution in [1.29, 1.82) is 0 Å². The second-order valence-electron chi connectivity index (χ2n) is 3.85. The Morgan fingerprint density at radius 3 is 2.40 bits per heavy atom. The van der Waals surface area contributed by atoms with Gasteiger partial charge in [-0.25, -0.2) is 0 Å². The maximum absolute atomic E-state index is 9.70. The molecular formula is C8H15NO. The van der Waals surface area contributed by atoms with E-state index in [9.17, 15) is 5.11 Å². The Morgan fingerprint density at radius 2 is 2.10 bits per heavy atom. The molecule has 0 heterocycles. The van der Waals surface area contributed by atoms with E-state index in [-0.39, 0.29) is 11.5 Å². The molecule has 0 saturated heterocycles. The number of rotatable bonds is 3. The van der Waals surface area contributed by atoms with Gasteiger partial charge in [-0.05, 0) is 31.6 Å². The molecule has 10 heavy (non-hydrogen) atoms. The normalized spacial score (nSPS) is 31.8. The zero-order valence-corrected chi connectivity index (χ0v) is 6.21. The molecule has 2 aliphatic carbocycles. The largest absolute Gasteiger partial charge is 0.392 e. The van der Waals surface area contributed by atoms with Crippen LogP contribution in [0.1, 0.15) is 25.7 Å². The molecule has 0 amide bonds. The molecule has 3 N–H and O–H groups in total. The SMILES string of the molecule is NCC1([C@@H](O)C2CC2)CC1. The molecule has 0 spiro atoms. The van der Waals surface area contributed by atoms with Crippen LogP contribution in [0, 0.1) is 11.3 Å². The van der Waals surface area contributed by atoms with E-state index in [0.29, 0.717) is 12.5 Å². The fourth-order valence-electron chi connectivity index (χ4n) is 1.69. The second kappa shape index (κ2) is 1.95. The highest BCUT2D eigenvalue weighted by Gasteiger charge is 2.52. The molecular weight excluding hydrogens is 126 g/mol. The summed E-state index contributed by atoms with van der Waals surface area (Å²) in [6, 6.07) is 0. The van der Waals surface area contributed by atoms with E-state index in [2.05, 4.69) is 0 Å². The minimum absolute atomic E-state index is 0.0718. The lowest BCUT2D eigenvalue weighted by Gasteiger charge is -2.19. The van der Waals surface area contributed by atoms with Gasteiger partial charge < -0.3 is 10.8 Å². The van der Waals surface area contributed by atoms with E-state index in [1.54, 1.807) is 0 Å². The van der Waals surface area contributed by atoms with Crippen molar-refractivity contribution in [2.75, 3.05) is 6.54 Å². The Morgan fingerprint density at radius 1 is 1.50 bits per heavy atom. The quantitative estimate of drug-likeness (QED) is 0.601. The first-order valence-corrected chi connectivity index (χ1v) is 4.17. The molecule has 1 atom stereocenters. The average Bonchev–Trinajstić information content (AvgIpc) is 2.84. The van der Waals surface area contributed by atoms with Crippen molar-refractivity contribution in [3.63, 3.8) is 0 Å². The molecule has 2 fully saturated rings. The molecule has 2 nitrogen and oxygen atoms in total. The van der Waals surface area contributed by atoms with Crippen LogP contribution in [-0.2, 0) is 0 Å². The molecule has 0 bridgehead atoms. The first-order chi connectivity index (χ1) is 4.78. The number of aliphatic hydroxyl groups excluding tert-OH is 1. The predicted molar refractivity (Wildman–Crippen MR) is 39.5 cm³/mol. The van der Waals surface area contributed by atoms with Crippen LogP contribution in [0.4, 0.5) is 0 Å². The Labute approximate surface area is 61.4 Å². The summed E-state index contributed by atoms with van der Waals surface area (Å²) in [6.07, 6.45) is 4.69. The van der Waals surface area contributed by atoms with Crippen LogP contribution in [0.5, 0.6) is 0 Å². The van der Waals surface area contributed by atoms with Crippen LogP contribution >= 0.6 is 0 Å². The maximum atomic E-state index is 9.70. The standard InChI is InChI=1S/C8H15NO/c9-5-8(3-4-8)7(10)6-1-2-6/h6-7,10H,1-5,9H2/t7-/m0/s1. The monoisotopic (exact) mass is 141 g/mol. The third kappa shape index (κ3) is 0.867. The zero-order valence-electron chi connectivity index (χ0n) is 6.21. The van der Waals surface area contributed by atoms with E-state index in [1.165, 1.54) is 12.8 Å². The summed E-state index contributed by atoms with van der Waals surface area (Å²) in [5.41, 5.74) is 5.74. The first kappa shape index (κ1) is 6.62. The van der Waals surface area contributed by atoms with Crippen molar-refractivity contribution in [3.05, 3.63) is 0 Å². The molecule has 2 aliphatic rings. The Hall–Kier alpha value is -0.0800. The van der Waals surface area contributed by atoms with E-state index >= 15 is 0 Å². The summed E-state index contributed by atoms with van der Waals surface area (Å²) >= 11 is 0. The molecule has 58 valence electrons. The van der Waals surface area contributed by atoms with E-state index < -0.39 is 0 Å². The molecule has 0 unspecified atom stereocenters. The van der Waals surface area contributed by atoms with Crippen molar-refractivity contribution >= 4 is 0 Å². The van der Waals surface area contributed by atoms with E-state index in [1.807, 2.05) is 0 Å². The summed E-state index contributed by atoms with van der Waals surface area (Å²) in [5.74, 6) is 0.603. The second-order valence-corrected chi connectivity index (χ2v) is 3.85. The number of hydrogen-bond acceptors (Lipinski definition) is 2. The Bertz CT molecular complexity index is 138. The highest BCUT2D eigenvalue weighted by molar-refractivity contribution is 5.04. The molecule has 0 radical (unpaired) electrons. The van der Waals surface area contributed by atoms with Gasteiger partial charge in [0.1, 0.15) is 0 Å². The summed E-state index contributed by atoms with van der Waals surface area (Å²) in [5, 5.41) is 9.70. The van der Waals surface area contributed by atoms with Crippen LogP contribution in [0.25, 0.3) is 0 Å².